The van der Waals surface area contributed by atoms with Crippen LogP contribution in [0.5, 0.6) is 5.75 Å². The minimum absolute atomic E-state index is 0.0480. The van der Waals surface area contributed by atoms with Crippen LogP contribution < -0.4 is 10.1 Å². The Morgan fingerprint density at radius 1 is 1.42 bits per heavy atom. The van der Waals surface area contributed by atoms with Crippen LogP contribution >= 0.6 is 0 Å². The van der Waals surface area contributed by atoms with Gasteiger partial charge in [0.25, 0.3) is 0 Å². The highest BCUT2D eigenvalue weighted by molar-refractivity contribution is 5.92. The highest BCUT2D eigenvalue weighted by atomic mass is 16.5. The van der Waals surface area contributed by atoms with E-state index in [1.165, 1.54) is 0 Å². The molecule has 19 heavy (non-hydrogen) atoms. The quantitative estimate of drug-likeness (QED) is 0.889. The molecular weight excluding hydrogens is 242 g/mol. The molecule has 1 amide bonds. The van der Waals surface area contributed by atoms with Crippen molar-refractivity contribution in [2.45, 2.75) is 6.42 Å². The maximum absolute atomic E-state index is 12.1. The first kappa shape index (κ1) is 11.8. The summed E-state index contributed by atoms with van der Waals surface area (Å²) in [5, 5.41) is 6.95. The van der Waals surface area contributed by atoms with E-state index in [-0.39, 0.29) is 11.8 Å². The molecule has 1 aliphatic rings. The van der Waals surface area contributed by atoms with Crippen molar-refractivity contribution >= 4 is 11.7 Å². The van der Waals surface area contributed by atoms with E-state index in [4.69, 9.17) is 4.74 Å². The Labute approximate surface area is 111 Å². The molecular formula is C14H15N3O2. The number of rotatable bonds is 2. The van der Waals surface area contributed by atoms with Crippen molar-refractivity contribution in [1.82, 2.24) is 9.78 Å². The molecule has 0 radical (unpaired) electrons. The van der Waals surface area contributed by atoms with Gasteiger partial charge in [-0.3, -0.25) is 9.48 Å². The third kappa shape index (κ3) is 2.45. The molecule has 0 saturated heterocycles. The average molecular weight is 257 g/mol. The van der Waals surface area contributed by atoms with E-state index in [0.717, 1.165) is 11.3 Å². The third-order valence-electron chi connectivity index (χ3n) is 3.21. The van der Waals surface area contributed by atoms with Gasteiger partial charge < -0.3 is 10.1 Å². The second kappa shape index (κ2) is 4.76. The van der Waals surface area contributed by atoms with E-state index < -0.39 is 0 Å². The molecule has 1 aliphatic heterocycles. The number of ether oxygens (including phenoxy) is 1. The summed E-state index contributed by atoms with van der Waals surface area (Å²) in [5.74, 6) is 1.24. The molecule has 0 bridgehead atoms. The Hall–Kier alpha value is -2.30. The predicted molar refractivity (Wildman–Crippen MR) is 71.0 cm³/mol. The van der Waals surface area contributed by atoms with Gasteiger partial charge in [0, 0.05) is 19.3 Å². The predicted octanol–water partition coefficient (Wildman–Crippen LogP) is 1.61. The Kier molecular flexibility index (Phi) is 2.95. The summed E-state index contributed by atoms with van der Waals surface area (Å²) in [4.78, 5) is 12.1. The number of aromatic nitrogens is 2. The molecule has 1 aromatic heterocycles. The average Bonchev–Trinajstić information content (AvgIpc) is 2.83. The summed E-state index contributed by atoms with van der Waals surface area (Å²) in [5.41, 5.74) is 1.08. The Morgan fingerprint density at radius 2 is 2.26 bits per heavy atom. The molecule has 0 aliphatic carbocycles. The Bertz CT molecular complexity index is 606. The number of benzene rings is 1. The van der Waals surface area contributed by atoms with Crippen molar-refractivity contribution in [1.29, 1.82) is 0 Å². The summed E-state index contributed by atoms with van der Waals surface area (Å²) in [6, 6.07) is 9.60. The summed E-state index contributed by atoms with van der Waals surface area (Å²) in [6.07, 6.45) is 2.50. The molecule has 98 valence electrons. The van der Waals surface area contributed by atoms with E-state index >= 15 is 0 Å². The van der Waals surface area contributed by atoms with Crippen LogP contribution in [0.15, 0.2) is 36.5 Å². The van der Waals surface area contributed by atoms with Crippen molar-refractivity contribution in [3.8, 4) is 5.75 Å². The first-order chi connectivity index (χ1) is 9.22. The number of carbonyl (C=O) groups is 1. The topological polar surface area (TPSA) is 56.2 Å². The largest absolute Gasteiger partial charge is 0.492 e. The maximum atomic E-state index is 12.1. The summed E-state index contributed by atoms with van der Waals surface area (Å²) in [7, 11) is 1.82. The summed E-state index contributed by atoms with van der Waals surface area (Å²) in [6.45, 7) is 0.412. The Balaban J connectivity index is 1.69. The number of hydrogen-bond donors (Lipinski definition) is 1. The monoisotopic (exact) mass is 257 g/mol. The maximum Gasteiger partial charge on any atom is 0.232 e. The zero-order valence-electron chi connectivity index (χ0n) is 10.7. The van der Waals surface area contributed by atoms with Crippen LogP contribution in [0.3, 0.4) is 0 Å². The van der Waals surface area contributed by atoms with Crippen molar-refractivity contribution in [2.24, 2.45) is 13.0 Å². The Morgan fingerprint density at radius 3 is 3.05 bits per heavy atom. The summed E-state index contributed by atoms with van der Waals surface area (Å²) < 4.78 is 7.27. The van der Waals surface area contributed by atoms with E-state index in [0.29, 0.717) is 18.8 Å². The number of amides is 1. The lowest BCUT2D eigenvalue weighted by Gasteiger charge is -2.24. The van der Waals surface area contributed by atoms with Gasteiger partial charge in [-0.25, -0.2) is 0 Å². The van der Waals surface area contributed by atoms with E-state index in [1.54, 1.807) is 16.9 Å². The van der Waals surface area contributed by atoms with E-state index in [2.05, 4.69) is 10.4 Å². The molecule has 5 heteroatoms. The molecule has 2 aromatic rings. The lowest BCUT2D eigenvalue weighted by atomic mass is 9.96. The molecule has 2 heterocycles. The molecule has 3 rings (SSSR count). The van der Waals surface area contributed by atoms with E-state index in [1.807, 2.05) is 31.3 Å². The summed E-state index contributed by atoms with van der Waals surface area (Å²) >= 11 is 0. The minimum atomic E-state index is -0.170. The van der Waals surface area contributed by atoms with Crippen LogP contribution in [0.25, 0.3) is 0 Å². The van der Waals surface area contributed by atoms with Gasteiger partial charge in [0.2, 0.25) is 5.91 Å². The number of nitrogens with one attached hydrogen (secondary N) is 1. The van der Waals surface area contributed by atoms with Crippen LogP contribution in [-0.2, 0) is 18.3 Å². The number of fused-ring (bicyclic) bond motifs is 1. The SMILES string of the molecule is Cn1ccc(NC(=O)C2COc3ccccc3C2)n1. The highest BCUT2D eigenvalue weighted by Crippen LogP contribution is 2.27. The van der Waals surface area contributed by atoms with Crippen LogP contribution in [0.1, 0.15) is 5.56 Å². The van der Waals surface area contributed by atoms with Gasteiger partial charge in [-0.2, -0.15) is 5.10 Å². The van der Waals surface area contributed by atoms with Crippen molar-refractivity contribution in [3.05, 3.63) is 42.1 Å². The molecule has 1 unspecified atom stereocenters. The molecule has 1 N–H and O–H groups in total. The first-order valence-corrected chi connectivity index (χ1v) is 6.23. The third-order valence-corrected chi connectivity index (χ3v) is 3.21. The first-order valence-electron chi connectivity index (χ1n) is 6.23. The fraction of sp³-hybridized carbons (Fsp3) is 0.286. The number of para-hydroxylation sites is 1. The molecule has 5 nitrogen and oxygen atoms in total. The standard InChI is InChI=1S/C14H15N3O2/c1-17-7-6-13(16-17)15-14(18)11-8-10-4-2-3-5-12(10)19-9-11/h2-7,11H,8-9H2,1H3,(H,15,16,18). The number of carbonyl (C=O) groups excluding carboxylic acids is 1. The fourth-order valence-corrected chi connectivity index (χ4v) is 2.21. The van der Waals surface area contributed by atoms with Gasteiger partial charge in [-0.05, 0) is 18.1 Å². The van der Waals surface area contributed by atoms with Gasteiger partial charge in [0.15, 0.2) is 5.82 Å². The highest BCUT2D eigenvalue weighted by Gasteiger charge is 2.26. The van der Waals surface area contributed by atoms with Crippen molar-refractivity contribution < 1.29 is 9.53 Å². The number of anilines is 1. The molecule has 1 atom stereocenters. The lowest BCUT2D eigenvalue weighted by molar-refractivity contribution is -0.121. The van der Waals surface area contributed by atoms with Crippen LogP contribution in [-0.4, -0.2) is 22.3 Å². The number of nitrogens with zero attached hydrogens (tertiary/aromatic N) is 2. The second-order valence-electron chi connectivity index (χ2n) is 4.68. The number of aryl methyl sites for hydroxylation is 1. The second-order valence-corrected chi connectivity index (χ2v) is 4.68. The van der Waals surface area contributed by atoms with Crippen molar-refractivity contribution in [2.75, 3.05) is 11.9 Å². The fourth-order valence-electron chi connectivity index (χ4n) is 2.21. The number of hydrogen-bond acceptors (Lipinski definition) is 3. The molecule has 0 fully saturated rings. The van der Waals surface area contributed by atoms with Crippen LogP contribution in [0, 0.1) is 5.92 Å². The molecule has 0 saturated carbocycles. The normalized spacial score (nSPS) is 17.4. The van der Waals surface area contributed by atoms with E-state index in [9.17, 15) is 4.79 Å². The van der Waals surface area contributed by atoms with Crippen molar-refractivity contribution in [3.63, 3.8) is 0 Å². The van der Waals surface area contributed by atoms with Gasteiger partial charge in [0.1, 0.15) is 12.4 Å². The smallest absolute Gasteiger partial charge is 0.232 e. The van der Waals surface area contributed by atoms with Gasteiger partial charge >= 0.3 is 0 Å². The van der Waals surface area contributed by atoms with Crippen LogP contribution in [0.2, 0.25) is 0 Å². The molecule has 1 aromatic carbocycles. The molecule has 0 spiro atoms. The van der Waals surface area contributed by atoms with Gasteiger partial charge in [0.05, 0.1) is 5.92 Å². The van der Waals surface area contributed by atoms with Gasteiger partial charge in [-0.15, -0.1) is 0 Å². The zero-order valence-corrected chi connectivity index (χ0v) is 10.7. The van der Waals surface area contributed by atoms with Gasteiger partial charge in [-0.1, -0.05) is 18.2 Å². The zero-order chi connectivity index (χ0) is 13.2. The van der Waals surface area contributed by atoms with Crippen LogP contribution in [0.4, 0.5) is 5.82 Å². The minimum Gasteiger partial charge on any atom is -0.492 e. The lowest BCUT2D eigenvalue weighted by Crippen LogP contribution is -2.32.